The van der Waals surface area contributed by atoms with Gasteiger partial charge >= 0.3 is 0 Å². The van der Waals surface area contributed by atoms with Gasteiger partial charge in [-0.05, 0) is 17.3 Å². The molecule has 0 heterocycles. The van der Waals surface area contributed by atoms with Crippen molar-refractivity contribution in [3.63, 3.8) is 0 Å². The molecular weight excluding hydrogens is 248 g/mol. The van der Waals surface area contributed by atoms with E-state index in [-0.39, 0.29) is 22.7 Å². The second-order valence-corrected chi connectivity index (χ2v) is 9.34. The normalized spacial score (nSPS) is 15.1. The van der Waals surface area contributed by atoms with Gasteiger partial charge in [0.05, 0.1) is 27.7 Å². The Bertz CT molecular complexity index is 302. The molecule has 0 aliphatic rings. The number of hydrogen-bond donors (Lipinski definition) is 1. The monoisotopic (exact) mass is 285 g/mol. The van der Waals surface area contributed by atoms with Crippen molar-refractivity contribution in [1.29, 1.82) is 0 Å². The molecule has 0 saturated carbocycles. The zero-order chi connectivity index (χ0) is 16.2. The average molecular weight is 285 g/mol. The largest absolute Gasteiger partial charge is 0.356 e. The SMILES string of the molecule is CC(C)(C)CC(C(=O)NCCC[N+](C)(C)C)C(C)(C)C. The predicted octanol–water partition coefficient (Wildman–Crippen LogP) is 3.30. The Hall–Kier alpha value is -0.570. The number of amides is 1. The number of nitrogens with zero attached hydrogens (tertiary/aromatic N) is 1. The van der Waals surface area contributed by atoms with E-state index >= 15 is 0 Å². The Labute approximate surface area is 126 Å². The van der Waals surface area contributed by atoms with E-state index in [2.05, 4.69) is 68.0 Å². The summed E-state index contributed by atoms with van der Waals surface area (Å²) < 4.78 is 0.945. The fourth-order valence-corrected chi connectivity index (χ4v) is 2.29. The van der Waals surface area contributed by atoms with Crippen molar-refractivity contribution in [2.24, 2.45) is 16.7 Å². The zero-order valence-electron chi connectivity index (χ0n) is 15.3. The van der Waals surface area contributed by atoms with Crippen molar-refractivity contribution >= 4 is 5.91 Å². The highest BCUT2D eigenvalue weighted by atomic mass is 16.1. The first-order valence-electron chi connectivity index (χ1n) is 7.80. The van der Waals surface area contributed by atoms with E-state index in [9.17, 15) is 4.79 Å². The van der Waals surface area contributed by atoms with Crippen LogP contribution in [-0.2, 0) is 4.79 Å². The summed E-state index contributed by atoms with van der Waals surface area (Å²) in [4.78, 5) is 12.5. The molecule has 1 amide bonds. The summed E-state index contributed by atoms with van der Waals surface area (Å²) in [5, 5.41) is 3.14. The molecule has 0 fully saturated rings. The molecule has 0 aliphatic heterocycles. The third kappa shape index (κ3) is 9.35. The summed E-state index contributed by atoms with van der Waals surface area (Å²) in [7, 11) is 6.54. The molecule has 0 aromatic rings. The Kier molecular flexibility index (Phi) is 6.73. The Balaban J connectivity index is 4.44. The van der Waals surface area contributed by atoms with Crippen molar-refractivity contribution in [3.05, 3.63) is 0 Å². The van der Waals surface area contributed by atoms with Gasteiger partial charge in [-0.15, -0.1) is 0 Å². The van der Waals surface area contributed by atoms with Gasteiger partial charge in [0.15, 0.2) is 0 Å². The molecule has 0 bridgehead atoms. The first-order valence-corrected chi connectivity index (χ1v) is 7.80. The number of quaternary nitrogens is 1. The molecule has 1 unspecified atom stereocenters. The van der Waals surface area contributed by atoms with Crippen LogP contribution in [0.1, 0.15) is 54.4 Å². The quantitative estimate of drug-likeness (QED) is 0.589. The number of nitrogens with one attached hydrogen (secondary N) is 1. The summed E-state index contributed by atoms with van der Waals surface area (Å²) in [6, 6.07) is 0. The van der Waals surface area contributed by atoms with Crippen molar-refractivity contribution in [3.8, 4) is 0 Å². The lowest BCUT2D eigenvalue weighted by atomic mass is 9.71. The maximum absolute atomic E-state index is 12.5. The molecule has 120 valence electrons. The maximum atomic E-state index is 12.5. The second kappa shape index (κ2) is 6.93. The molecule has 1 N–H and O–H groups in total. The molecule has 3 heteroatoms. The standard InChI is InChI=1S/C17H36N2O/c1-16(2,3)13-14(17(4,5)6)15(20)18-11-10-12-19(7,8)9/h14H,10-13H2,1-9H3/p+1. The highest BCUT2D eigenvalue weighted by Crippen LogP contribution is 2.36. The van der Waals surface area contributed by atoms with Gasteiger partial charge in [-0.25, -0.2) is 0 Å². The van der Waals surface area contributed by atoms with Gasteiger partial charge in [0, 0.05) is 18.9 Å². The summed E-state index contributed by atoms with van der Waals surface area (Å²) in [5.74, 6) is 0.292. The fourth-order valence-electron chi connectivity index (χ4n) is 2.29. The van der Waals surface area contributed by atoms with E-state index in [1.165, 1.54) is 0 Å². The van der Waals surface area contributed by atoms with Crippen LogP contribution in [0.4, 0.5) is 0 Å². The lowest BCUT2D eigenvalue weighted by molar-refractivity contribution is -0.870. The number of hydrogen-bond acceptors (Lipinski definition) is 1. The molecule has 3 nitrogen and oxygen atoms in total. The van der Waals surface area contributed by atoms with E-state index < -0.39 is 0 Å². The molecule has 0 radical (unpaired) electrons. The van der Waals surface area contributed by atoms with Crippen LogP contribution in [0.5, 0.6) is 0 Å². The van der Waals surface area contributed by atoms with Gasteiger partial charge in [0.1, 0.15) is 0 Å². The minimum absolute atomic E-state index is 0.0114. The Morgan fingerprint density at radius 1 is 1.05 bits per heavy atom. The van der Waals surface area contributed by atoms with Crippen LogP contribution in [0.25, 0.3) is 0 Å². The van der Waals surface area contributed by atoms with Crippen LogP contribution in [0.2, 0.25) is 0 Å². The zero-order valence-corrected chi connectivity index (χ0v) is 15.3. The predicted molar refractivity (Wildman–Crippen MR) is 87.5 cm³/mol. The van der Waals surface area contributed by atoms with Crippen LogP contribution in [0.15, 0.2) is 0 Å². The minimum Gasteiger partial charge on any atom is -0.356 e. The molecular formula is C17H37N2O+. The van der Waals surface area contributed by atoms with E-state index in [1.54, 1.807) is 0 Å². The van der Waals surface area contributed by atoms with Crippen LogP contribution in [0, 0.1) is 16.7 Å². The summed E-state index contributed by atoms with van der Waals surface area (Å²) in [5.41, 5.74) is 0.190. The van der Waals surface area contributed by atoms with Crippen LogP contribution < -0.4 is 5.32 Å². The molecule has 20 heavy (non-hydrogen) atoms. The topological polar surface area (TPSA) is 29.1 Å². The van der Waals surface area contributed by atoms with Gasteiger partial charge in [-0.3, -0.25) is 4.79 Å². The van der Waals surface area contributed by atoms with E-state index in [1.807, 2.05) is 0 Å². The Morgan fingerprint density at radius 2 is 1.55 bits per heavy atom. The minimum atomic E-state index is 0.0114. The van der Waals surface area contributed by atoms with Crippen molar-refractivity contribution in [2.75, 3.05) is 34.2 Å². The van der Waals surface area contributed by atoms with Gasteiger partial charge in [0.2, 0.25) is 5.91 Å². The summed E-state index contributed by atoms with van der Waals surface area (Å²) in [6.07, 6.45) is 1.96. The molecule has 0 rings (SSSR count). The van der Waals surface area contributed by atoms with Crippen molar-refractivity contribution < 1.29 is 9.28 Å². The molecule has 0 aliphatic carbocycles. The van der Waals surface area contributed by atoms with Gasteiger partial charge in [0.25, 0.3) is 0 Å². The van der Waals surface area contributed by atoms with Gasteiger partial charge < -0.3 is 9.80 Å². The number of carbonyl (C=O) groups is 1. The van der Waals surface area contributed by atoms with Crippen LogP contribution in [0.3, 0.4) is 0 Å². The third-order valence-corrected chi connectivity index (χ3v) is 3.48. The lowest BCUT2D eigenvalue weighted by Gasteiger charge is -2.34. The highest BCUT2D eigenvalue weighted by molar-refractivity contribution is 5.79. The second-order valence-electron chi connectivity index (χ2n) is 9.34. The molecule has 0 spiro atoms. The molecule has 0 aromatic carbocycles. The number of rotatable bonds is 6. The summed E-state index contributed by atoms with van der Waals surface area (Å²) >= 11 is 0. The van der Waals surface area contributed by atoms with Crippen molar-refractivity contribution in [2.45, 2.75) is 54.4 Å². The van der Waals surface area contributed by atoms with Gasteiger partial charge in [-0.2, -0.15) is 0 Å². The molecule has 0 saturated heterocycles. The molecule has 0 aromatic heterocycles. The maximum Gasteiger partial charge on any atom is 0.223 e. The lowest BCUT2D eigenvalue weighted by Crippen LogP contribution is -2.42. The van der Waals surface area contributed by atoms with Crippen LogP contribution >= 0.6 is 0 Å². The first kappa shape index (κ1) is 19.4. The smallest absolute Gasteiger partial charge is 0.223 e. The van der Waals surface area contributed by atoms with E-state index in [0.717, 1.165) is 30.4 Å². The molecule has 1 atom stereocenters. The fraction of sp³-hybridized carbons (Fsp3) is 0.941. The van der Waals surface area contributed by atoms with Crippen LogP contribution in [-0.4, -0.2) is 44.6 Å². The van der Waals surface area contributed by atoms with Crippen molar-refractivity contribution in [1.82, 2.24) is 5.32 Å². The number of carbonyl (C=O) groups excluding carboxylic acids is 1. The van der Waals surface area contributed by atoms with Gasteiger partial charge in [-0.1, -0.05) is 41.5 Å². The third-order valence-electron chi connectivity index (χ3n) is 3.48. The Morgan fingerprint density at radius 3 is 1.90 bits per heavy atom. The van der Waals surface area contributed by atoms with E-state index in [4.69, 9.17) is 0 Å². The first-order chi connectivity index (χ1) is 8.72. The van der Waals surface area contributed by atoms with E-state index in [0.29, 0.717) is 0 Å². The highest BCUT2D eigenvalue weighted by Gasteiger charge is 2.34. The summed E-state index contributed by atoms with van der Waals surface area (Å²) in [6.45, 7) is 15.0. The average Bonchev–Trinajstić information content (AvgIpc) is 2.16.